The number of rotatable bonds is 7. The molecule has 0 fully saturated rings. The molecule has 1 aromatic rings. The van der Waals surface area contributed by atoms with Gasteiger partial charge in [0.2, 0.25) is 5.91 Å². The van der Waals surface area contributed by atoms with E-state index in [1.165, 1.54) is 0 Å². The van der Waals surface area contributed by atoms with E-state index in [-0.39, 0.29) is 29.9 Å². The molecule has 1 rings (SSSR count). The van der Waals surface area contributed by atoms with Crippen LogP contribution in [0.15, 0.2) is 29.3 Å². The summed E-state index contributed by atoms with van der Waals surface area (Å²) >= 11 is 0. The minimum Gasteiger partial charge on any atom is -0.354 e. The highest BCUT2D eigenvalue weighted by atomic mass is 127. The number of nitrogens with zero attached hydrogens (tertiary/aromatic N) is 1. The molecule has 6 heteroatoms. The number of carbonyl (C=O) groups excluding carboxylic acids is 1. The van der Waals surface area contributed by atoms with E-state index < -0.39 is 0 Å². The molecule has 0 aromatic heterocycles. The van der Waals surface area contributed by atoms with Gasteiger partial charge < -0.3 is 16.0 Å². The molecule has 0 aliphatic rings. The Morgan fingerprint density at radius 3 is 2.39 bits per heavy atom. The Labute approximate surface area is 156 Å². The topological polar surface area (TPSA) is 65.5 Å². The van der Waals surface area contributed by atoms with E-state index in [1.807, 2.05) is 31.2 Å². The first-order chi connectivity index (χ1) is 10.6. The highest BCUT2D eigenvalue weighted by molar-refractivity contribution is 14.0. The number of nitrogens with one attached hydrogen (secondary N) is 3. The number of carbonyl (C=O) groups is 1. The summed E-state index contributed by atoms with van der Waals surface area (Å²) in [5.41, 5.74) is 1.98. The first-order valence-electron chi connectivity index (χ1n) is 7.95. The summed E-state index contributed by atoms with van der Waals surface area (Å²) in [4.78, 5) is 15.7. The van der Waals surface area contributed by atoms with Crippen LogP contribution in [0.1, 0.15) is 45.6 Å². The first-order valence-corrected chi connectivity index (χ1v) is 7.95. The quantitative estimate of drug-likeness (QED) is 0.351. The molecule has 3 N–H and O–H groups in total. The highest BCUT2D eigenvalue weighted by Gasteiger charge is 2.03. The lowest BCUT2D eigenvalue weighted by Gasteiger charge is -2.16. The van der Waals surface area contributed by atoms with E-state index in [1.54, 1.807) is 7.05 Å². The molecule has 0 heterocycles. The molecule has 0 radical (unpaired) electrons. The molecular weight excluding hydrogens is 403 g/mol. The third kappa shape index (κ3) is 8.78. The minimum atomic E-state index is 0. The maximum absolute atomic E-state index is 11.5. The summed E-state index contributed by atoms with van der Waals surface area (Å²) in [6.45, 7) is 6.95. The average molecular weight is 432 g/mol. The number of halogens is 1. The van der Waals surface area contributed by atoms with Crippen molar-refractivity contribution in [2.45, 2.75) is 52.6 Å². The van der Waals surface area contributed by atoms with Gasteiger partial charge in [0.25, 0.3) is 0 Å². The fourth-order valence-electron chi connectivity index (χ4n) is 1.87. The molecule has 130 valence electrons. The Balaban J connectivity index is 0.00000484. The average Bonchev–Trinajstić information content (AvgIpc) is 2.52. The summed E-state index contributed by atoms with van der Waals surface area (Å²) < 4.78 is 0. The maximum atomic E-state index is 11.5. The first kappa shape index (κ1) is 21.7. The van der Waals surface area contributed by atoms with Gasteiger partial charge in [0.1, 0.15) is 0 Å². The molecule has 1 unspecified atom stereocenters. The molecule has 0 saturated heterocycles. The molecule has 23 heavy (non-hydrogen) atoms. The van der Waals surface area contributed by atoms with Crippen molar-refractivity contribution in [2.75, 3.05) is 12.4 Å². The SMILES string of the molecule is CCCC(=O)Nc1ccc(CNC(=NC)NC(C)CC)cc1.I. The number of benzene rings is 1. The van der Waals surface area contributed by atoms with Gasteiger partial charge in [-0.3, -0.25) is 9.79 Å². The van der Waals surface area contributed by atoms with Crippen LogP contribution in [0.2, 0.25) is 0 Å². The largest absolute Gasteiger partial charge is 0.354 e. The van der Waals surface area contributed by atoms with E-state index in [0.717, 1.165) is 30.1 Å². The van der Waals surface area contributed by atoms with Crippen LogP contribution in [0.5, 0.6) is 0 Å². The van der Waals surface area contributed by atoms with Crippen LogP contribution in [0.25, 0.3) is 0 Å². The van der Waals surface area contributed by atoms with Gasteiger partial charge in [0.05, 0.1) is 0 Å². The summed E-state index contributed by atoms with van der Waals surface area (Å²) in [5, 5.41) is 9.49. The number of hydrogen-bond acceptors (Lipinski definition) is 2. The van der Waals surface area contributed by atoms with Crippen molar-refractivity contribution in [3.8, 4) is 0 Å². The molecule has 1 amide bonds. The van der Waals surface area contributed by atoms with Crippen LogP contribution in [-0.2, 0) is 11.3 Å². The van der Waals surface area contributed by atoms with E-state index in [9.17, 15) is 4.79 Å². The van der Waals surface area contributed by atoms with Crippen LogP contribution in [0.4, 0.5) is 5.69 Å². The monoisotopic (exact) mass is 432 g/mol. The van der Waals surface area contributed by atoms with Crippen molar-refractivity contribution in [3.63, 3.8) is 0 Å². The van der Waals surface area contributed by atoms with Crippen molar-refractivity contribution in [1.82, 2.24) is 10.6 Å². The molecule has 0 aliphatic heterocycles. The number of guanidine groups is 1. The number of amides is 1. The molecule has 1 atom stereocenters. The van der Waals surface area contributed by atoms with Gasteiger partial charge >= 0.3 is 0 Å². The maximum Gasteiger partial charge on any atom is 0.224 e. The lowest BCUT2D eigenvalue weighted by Crippen LogP contribution is -2.41. The second kappa shape index (κ2) is 12.2. The number of hydrogen-bond donors (Lipinski definition) is 3. The minimum absolute atomic E-state index is 0. The van der Waals surface area contributed by atoms with E-state index >= 15 is 0 Å². The van der Waals surface area contributed by atoms with E-state index in [2.05, 4.69) is 34.8 Å². The van der Waals surface area contributed by atoms with Crippen molar-refractivity contribution < 1.29 is 4.79 Å². The van der Waals surface area contributed by atoms with Crippen LogP contribution in [0.3, 0.4) is 0 Å². The molecule has 5 nitrogen and oxygen atoms in total. The Morgan fingerprint density at radius 2 is 1.87 bits per heavy atom. The fourth-order valence-corrected chi connectivity index (χ4v) is 1.87. The highest BCUT2D eigenvalue weighted by Crippen LogP contribution is 2.10. The normalized spacial score (nSPS) is 12.1. The van der Waals surface area contributed by atoms with Crippen molar-refractivity contribution >= 4 is 41.5 Å². The van der Waals surface area contributed by atoms with Gasteiger partial charge in [-0.25, -0.2) is 0 Å². The van der Waals surface area contributed by atoms with Crippen LogP contribution < -0.4 is 16.0 Å². The second-order valence-corrected chi connectivity index (χ2v) is 5.37. The zero-order valence-electron chi connectivity index (χ0n) is 14.5. The summed E-state index contributed by atoms with van der Waals surface area (Å²) in [7, 11) is 1.77. The van der Waals surface area contributed by atoms with Gasteiger partial charge in [-0.05, 0) is 37.5 Å². The Bertz CT molecular complexity index is 488. The summed E-state index contributed by atoms with van der Waals surface area (Å²) in [6, 6.07) is 8.25. The van der Waals surface area contributed by atoms with Crippen molar-refractivity contribution in [1.29, 1.82) is 0 Å². The Hall–Kier alpha value is -1.31. The molecular formula is C17H29IN4O. The lowest BCUT2D eigenvalue weighted by molar-refractivity contribution is -0.116. The number of aliphatic imine (C=N–C) groups is 1. The molecule has 0 aliphatic carbocycles. The third-order valence-corrected chi connectivity index (χ3v) is 3.39. The van der Waals surface area contributed by atoms with Gasteiger partial charge in [-0.15, -0.1) is 24.0 Å². The van der Waals surface area contributed by atoms with Crippen LogP contribution >= 0.6 is 24.0 Å². The summed E-state index contributed by atoms with van der Waals surface area (Å²) in [5.74, 6) is 0.862. The Kier molecular flexibility index (Phi) is 11.5. The molecule has 1 aromatic carbocycles. The third-order valence-electron chi connectivity index (χ3n) is 3.39. The van der Waals surface area contributed by atoms with Crippen molar-refractivity contribution in [2.24, 2.45) is 4.99 Å². The van der Waals surface area contributed by atoms with Gasteiger partial charge in [0.15, 0.2) is 5.96 Å². The van der Waals surface area contributed by atoms with E-state index in [0.29, 0.717) is 19.0 Å². The lowest BCUT2D eigenvalue weighted by atomic mass is 10.2. The standard InChI is InChI=1S/C17H28N4O.HI/c1-5-7-16(22)21-15-10-8-14(9-11-15)12-19-17(18-4)20-13(3)6-2;/h8-11,13H,5-7,12H2,1-4H3,(H,21,22)(H2,18,19,20);1H. The van der Waals surface area contributed by atoms with Crippen LogP contribution in [-0.4, -0.2) is 25.0 Å². The summed E-state index contributed by atoms with van der Waals surface area (Å²) in [6.07, 6.45) is 2.46. The zero-order chi connectivity index (χ0) is 16.4. The van der Waals surface area contributed by atoms with Gasteiger partial charge in [-0.1, -0.05) is 26.0 Å². The second-order valence-electron chi connectivity index (χ2n) is 5.37. The molecule has 0 bridgehead atoms. The van der Waals surface area contributed by atoms with Crippen molar-refractivity contribution in [3.05, 3.63) is 29.8 Å². The van der Waals surface area contributed by atoms with Gasteiger partial charge in [-0.2, -0.15) is 0 Å². The predicted molar refractivity (Wildman–Crippen MR) is 108 cm³/mol. The fraction of sp³-hybridized carbons (Fsp3) is 0.529. The number of anilines is 1. The molecule has 0 spiro atoms. The van der Waals surface area contributed by atoms with Crippen LogP contribution in [0, 0.1) is 0 Å². The zero-order valence-corrected chi connectivity index (χ0v) is 16.8. The molecule has 0 saturated carbocycles. The smallest absolute Gasteiger partial charge is 0.224 e. The predicted octanol–water partition coefficient (Wildman–Crippen LogP) is 3.51. The van der Waals surface area contributed by atoms with Gasteiger partial charge in [0, 0.05) is 31.7 Å². The Morgan fingerprint density at radius 1 is 1.22 bits per heavy atom. The van der Waals surface area contributed by atoms with E-state index in [4.69, 9.17) is 0 Å².